The number of ketones is 1. The lowest BCUT2D eigenvalue weighted by molar-refractivity contribution is -0.130. The second kappa shape index (κ2) is 8.19. The molecule has 0 aliphatic rings. The standard InChI is InChI=1S/C19H17F2NO3/c1-22(2)19(24)12-25-16-5-3-4-14(11-16)18(23)9-6-13-10-15(20)7-8-17(13)21/h3-11H,12H2,1-2H3/b9-6+. The van der Waals surface area contributed by atoms with Crippen LogP contribution in [0, 0.1) is 11.6 Å². The number of amides is 1. The van der Waals surface area contributed by atoms with Gasteiger partial charge in [0, 0.05) is 25.2 Å². The SMILES string of the molecule is CN(C)C(=O)COc1cccc(C(=O)/C=C/c2cc(F)ccc2F)c1. The highest BCUT2D eigenvalue weighted by atomic mass is 19.1. The van der Waals surface area contributed by atoms with E-state index in [-0.39, 0.29) is 18.1 Å². The fourth-order valence-corrected chi connectivity index (χ4v) is 1.92. The molecular formula is C19H17F2NO3. The predicted molar refractivity (Wildman–Crippen MR) is 90.4 cm³/mol. The number of ether oxygens (including phenoxy) is 1. The molecule has 1 amide bonds. The number of likely N-dealkylation sites (N-methyl/N-ethyl adjacent to an activating group) is 1. The average Bonchev–Trinajstić information content (AvgIpc) is 2.60. The Morgan fingerprint density at radius 3 is 2.60 bits per heavy atom. The van der Waals surface area contributed by atoms with Crippen LogP contribution >= 0.6 is 0 Å². The highest BCUT2D eigenvalue weighted by molar-refractivity contribution is 6.07. The summed E-state index contributed by atoms with van der Waals surface area (Å²) in [5, 5.41) is 0. The van der Waals surface area contributed by atoms with Crippen LogP contribution in [0.25, 0.3) is 6.08 Å². The van der Waals surface area contributed by atoms with Crippen LogP contribution in [-0.2, 0) is 4.79 Å². The minimum absolute atomic E-state index is 0.0164. The zero-order valence-corrected chi connectivity index (χ0v) is 13.8. The first-order chi connectivity index (χ1) is 11.9. The van der Waals surface area contributed by atoms with E-state index in [1.54, 1.807) is 32.3 Å². The number of benzene rings is 2. The van der Waals surface area contributed by atoms with E-state index in [0.717, 1.165) is 24.3 Å². The van der Waals surface area contributed by atoms with Crippen molar-refractivity contribution in [3.05, 3.63) is 71.3 Å². The van der Waals surface area contributed by atoms with Gasteiger partial charge in [-0.15, -0.1) is 0 Å². The van der Waals surface area contributed by atoms with Crippen LogP contribution in [0.1, 0.15) is 15.9 Å². The lowest BCUT2D eigenvalue weighted by atomic mass is 10.1. The van der Waals surface area contributed by atoms with Crippen molar-refractivity contribution in [3.63, 3.8) is 0 Å². The van der Waals surface area contributed by atoms with Crippen LogP contribution in [0.4, 0.5) is 8.78 Å². The monoisotopic (exact) mass is 345 g/mol. The Hall–Kier alpha value is -3.02. The van der Waals surface area contributed by atoms with Gasteiger partial charge in [0.1, 0.15) is 17.4 Å². The van der Waals surface area contributed by atoms with Crippen LogP contribution in [-0.4, -0.2) is 37.3 Å². The molecule has 4 nitrogen and oxygen atoms in total. The fourth-order valence-electron chi connectivity index (χ4n) is 1.92. The summed E-state index contributed by atoms with van der Waals surface area (Å²) in [4.78, 5) is 25.1. The molecule has 0 saturated heterocycles. The molecule has 130 valence electrons. The lowest BCUT2D eigenvalue weighted by Gasteiger charge is -2.11. The first-order valence-corrected chi connectivity index (χ1v) is 7.47. The first kappa shape index (κ1) is 18.3. The number of carbonyl (C=O) groups excluding carboxylic acids is 2. The molecular weight excluding hydrogens is 328 g/mol. The van der Waals surface area contributed by atoms with E-state index >= 15 is 0 Å². The van der Waals surface area contributed by atoms with E-state index in [1.807, 2.05) is 0 Å². The molecule has 0 unspecified atom stereocenters. The molecule has 0 aliphatic carbocycles. The van der Waals surface area contributed by atoms with E-state index < -0.39 is 17.4 Å². The zero-order chi connectivity index (χ0) is 18.4. The maximum absolute atomic E-state index is 13.5. The molecule has 0 spiro atoms. The number of allylic oxidation sites excluding steroid dienone is 1. The molecule has 0 heterocycles. The summed E-state index contributed by atoms with van der Waals surface area (Å²) in [6, 6.07) is 9.29. The third-order valence-electron chi connectivity index (χ3n) is 3.35. The second-order valence-corrected chi connectivity index (χ2v) is 5.47. The largest absolute Gasteiger partial charge is 0.484 e. The molecule has 0 saturated carbocycles. The van der Waals surface area contributed by atoms with Gasteiger partial charge in [-0.1, -0.05) is 12.1 Å². The van der Waals surface area contributed by atoms with Crippen molar-refractivity contribution in [3.8, 4) is 5.75 Å². The lowest BCUT2D eigenvalue weighted by Crippen LogP contribution is -2.27. The Morgan fingerprint density at radius 2 is 1.88 bits per heavy atom. The molecule has 0 aliphatic heterocycles. The van der Waals surface area contributed by atoms with Crippen molar-refractivity contribution in [1.82, 2.24) is 4.90 Å². The van der Waals surface area contributed by atoms with E-state index in [1.165, 1.54) is 17.0 Å². The molecule has 0 fully saturated rings. The Labute approximate surface area is 144 Å². The maximum Gasteiger partial charge on any atom is 0.259 e. The highest BCUT2D eigenvalue weighted by Crippen LogP contribution is 2.16. The number of halogens is 2. The molecule has 0 N–H and O–H groups in total. The Bertz CT molecular complexity index is 816. The van der Waals surface area contributed by atoms with E-state index in [0.29, 0.717) is 11.3 Å². The van der Waals surface area contributed by atoms with Crippen LogP contribution in [0.3, 0.4) is 0 Å². The average molecular weight is 345 g/mol. The summed E-state index contributed by atoms with van der Waals surface area (Å²) in [7, 11) is 3.23. The van der Waals surface area contributed by atoms with Gasteiger partial charge in [0.05, 0.1) is 0 Å². The number of hydrogen-bond acceptors (Lipinski definition) is 3. The van der Waals surface area contributed by atoms with E-state index in [9.17, 15) is 18.4 Å². The zero-order valence-electron chi connectivity index (χ0n) is 13.8. The van der Waals surface area contributed by atoms with Crippen molar-refractivity contribution in [2.45, 2.75) is 0 Å². The molecule has 25 heavy (non-hydrogen) atoms. The summed E-state index contributed by atoms with van der Waals surface area (Å²) >= 11 is 0. The number of rotatable bonds is 6. The Kier molecular flexibility index (Phi) is 6.00. The molecule has 2 rings (SSSR count). The number of nitrogens with zero attached hydrogens (tertiary/aromatic N) is 1. The minimum Gasteiger partial charge on any atom is -0.484 e. The molecule has 0 radical (unpaired) electrons. The van der Waals surface area contributed by atoms with Crippen molar-refractivity contribution in [2.75, 3.05) is 20.7 Å². The van der Waals surface area contributed by atoms with Gasteiger partial charge in [-0.3, -0.25) is 9.59 Å². The van der Waals surface area contributed by atoms with Crippen molar-refractivity contribution < 1.29 is 23.1 Å². The Balaban J connectivity index is 2.09. The second-order valence-electron chi connectivity index (χ2n) is 5.47. The smallest absolute Gasteiger partial charge is 0.259 e. The quantitative estimate of drug-likeness (QED) is 0.596. The highest BCUT2D eigenvalue weighted by Gasteiger charge is 2.08. The molecule has 0 bridgehead atoms. The van der Waals surface area contributed by atoms with Crippen LogP contribution in [0.5, 0.6) is 5.75 Å². The summed E-state index contributed by atoms with van der Waals surface area (Å²) < 4.78 is 32.0. The van der Waals surface area contributed by atoms with Crippen LogP contribution in [0.15, 0.2) is 48.5 Å². The van der Waals surface area contributed by atoms with E-state index in [4.69, 9.17) is 4.74 Å². The van der Waals surface area contributed by atoms with Gasteiger partial charge in [0.25, 0.3) is 5.91 Å². The van der Waals surface area contributed by atoms with Gasteiger partial charge in [-0.25, -0.2) is 8.78 Å². The number of carbonyl (C=O) groups is 2. The maximum atomic E-state index is 13.5. The van der Waals surface area contributed by atoms with Gasteiger partial charge >= 0.3 is 0 Å². The molecule has 2 aromatic rings. The normalized spacial score (nSPS) is 10.7. The summed E-state index contributed by atoms with van der Waals surface area (Å²) in [6.45, 7) is -0.144. The summed E-state index contributed by atoms with van der Waals surface area (Å²) in [6.07, 6.45) is 2.37. The van der Waals surface area contributed by atoms with E-state index in [2.05, 4.69) is 0 Å². The molecule has 0 aromatic heterocycles. The first-order valence-electron chi connectivity index (χ1n) is 7.47. The topological polar surface area (TPSA) is 46.6 Å². The van der Waals surface area contributed by atoms with Gasteiger partial charge < -0.3 is 9.64 Å². The van der Waals surface area contributed by atoms with Gasteiger partial charge in [0.15, 0.2) is 12.4 Å². The summed E-state index contributed by atoms with van der Waals surface area (Å²) in [5.41, 5.74) is 0.292. The van der Waals surface area contributed by atoms with Gasteiger partial charge in [-0.05, 0) is 42.5 Å². The summed E-state index contributed by atoms with van der Waals surface area (Å²) in [5.74, 6) is -1.45. The fraction of sp³-hybridized carbons (Fsp3) is 0.158. The van der Waals surface area contributed by atoms with Crippen LogP contribution in [0.2, 0.25) is 0 Å². The molecule has 2 aromatic carbocycles. The van der Waals surface area contributed by atoms with Crippen molar-refractivity contribution in [2.24, 2.45) is 0 Å². The van der Waals surface area contributed by atoms with Gasteiger partial charge in [0.2, 0.25) is 0 Å². The van der Waals surface area contributed by atoms with Gasteiger partial charge in [-0.2, -0.15) is 0 Å². The van der Waals surface area contributed by atoms with Crippen molar-refractivity contribution >= 4 is 17.8 Å². The number of hydrogen-bond donors (Lipinski definition) is 0. The van der Waals surface area contributed by atoms with Crippen molar-refractivity contribution in [1.29, 1.82) is 0 Å². The predicted octanol–water partition coefficient (Wildman–Crippen LogP) is 3.33. The molecule has 6 heteroatoms. The Morgan fingerprint density at radius 1 is 1.12 bits per heavy atom. The van der Waals surface area contributed by atoms with Crippen LogP contribution < -0.4 is 4.74 Å². The molecule has 0 atom stereocenters. The minimum atomic E-state index is -0.621. The third-order valence-corrected chi connectivity index (χ3v) is 3.35. The third kappa shape index (κ3) is 5.24.